The van der Waals surface area contributed by atoms with Crippen LogP contribution in [0.15, 0.2) is 42.6 Å². The van der Waals surface area contributed by atoms with Crippen molar-refractivity contribution in [1.29, 1.82) is 0 Å². The molecule has 0 radical (unpaired) electrons. The number of pyridine rings is 1. The summed E-state index contributed by atoms with van der Waals surface area (Å²) < 4.78 is 8.15. The zero-order valence-electron chi connectivity index (χ0n) is 22.7. The monoisotopic (exact) mass is 526 g/mol. The number of carbonyl (C=O) groups is 2. The number of hydrogen-bond acceptors (Lipinski definition) is 6. The fourth-order valence-corrected chi connectivity index (χ4v) is 6.39. The number of benzene rings is 1. The zero-order valence-corrected chi connectivity index (χ0v) is 22.7. The smallest absolute Gasteiger partial charge is 0.329 e. The van der Waals surface area contributed by atoms with Crippen LogP contribution in [0.5, 0.6) is 5.75 Å². The Labute approximate surface area is 228 Å². The van der Waals surface area contributed by atoms with Crippen molar-refractivity contribution in [2.45, 2.75) is 70.7 Å². The average molecular weight is 527 g/mol. The van der Waals surface area contributed by atoms with Crippen LogP contribution in [0.4, 0.5) is 10.6 Å². The van der Waals surface area contributed by atoms with E-state index in [1.54, 1.807) is 11.1 Å². The standard InChI is InChI=1S/C30H34N6O3/c1-29(2)26-20(18-35(29)17-19-4-7-21(8-5-19)39-23-10-12-30(23)13-14-30)6-9-22(32-26)27-31-16-25(34(27)3)36-15-11-24(37)33-28(36)38/h4-9,16,23H,10-15,17-18H2,1-3H3,(H,33,37,38)/t23-/m0/s1. The highest BCUT2D eigenvalue weighted by atomic mass is 16.5. The Kier molecular flexibility index (Phi) is 5.39. The lowest BCUT2D eigenvalue weighted by Gasteiger charge is -2.37. The molecule has 0 bridgehead atoms. The van der Waals surface area contributed by atoms with Crippen molar-refractivity contribution >= 4 is 17.8 Å². The first-order valence-corrected chi connectivity index (χ1v) is 13.9. The molecule has 1 saturated heterocycles. The van der Waals surface area contributed by atoms with E-state index in [2.05, 4.69) is 59.4 Å². The summed E-state index contributed by atoms with van der Waals surface area (Å²) in [6.45, 7) is 6.42. The Morgan fingerprint density at radius 2 is 1.87 bits per heavy atom. The topological polar surface area (TPSA) is 92.6 Å². The molecule has 2 aromatic heterocycles. The molecule has 1 atom stereocenters. The molecule has 4 heterocycles. The van der Waals surface area contributed by atoms with E-state index in [1.807, 2.05) is 17.7 Å². The third-order valence-corrected chi connectivity index (χ3v) is 9.29. The lowest BCUT2D eigenvalue weighted by Crippen LogP contribution is -2.50. The maximum Gasteiger partial charge on any atom is 0.329 e. The summed E-state index contributed by atoms with van der Waals surface area (Å²) in [5, 5.41) is 2.37. The second kappa shape index (κ2) is 8.64. The van der Waals surface area contributed by atoms with Gasteiger partial charge < -0.3 is 9.30 Å². The molecule has 1 N–H and O–H groups in total. The quantitative estimate of drug-likeness (QED) is 0.509. The van der Waals surface area contributed by atoms with Gasteiger partial charge in [-0.15, -0.1) is 0 Å². The van der Waals surface area contributed by atoms with Crippen molar-refractivity contribution in [3.63, 3.8) is 0 Å². The molecular weight excluding hydrogens is 492 g/mol. The van der Waals surface area contributed by atoms with E-state index < -0.39 is 6.03 Å². The van der Waals surface area contributed by atoms with Crippen LogP contribution in [0.2, 0.25) is 0 Å². The first-order chi connectivity index (χ1) is 18.7. The maximum absolute atomic E-state index is 12.4. The molecule has 3 aromatic rings. The van der Waals surface area contributed by atoms with E-state index in [9.17, 15) is 9.59 Å². The fourth-order valence-electron chi connectivity index (χ4n) is 6.39. The molecular formula is C30H34N6O3. The number of nitrogens with zero attached hydrogens (tertiary/aromatic N) is 5. The largest absolute Gasteiger partial charge is 0.490 e. The number of ether oxygens (including phenoxy) is 1. The van der Waals surface area contributed by atoms with Crippen LogP contribution in [0.25, 0.3) is 11.5 Å². The van der Waals surface area contributed by atoms with E-state index in [0.29, 0.717) is 29.7 Å². The van der Waals surface area contributed by atoms with Gasteiger partial charge in [-0.3, -0.25) is 19.9 Å². The van der Waals surface area contributed by atoms with Gasteiger partial charge in [-0.1, -0.05) is 18.2 Å². The molecule has 1 spiro atoms. The van der Waals surface area contributed by atoms with Crippen LogP contribution in [0.3, 0.4) is 0 Å². The first-order valence-electron chi connectivity index (χ1n) is 13.9. The molecule has 1 aromatic carbocycles. The molecule has 0 unspecified atom stereocenters. The number of anilines is 1. The SMILES string of the molecule is Cn1c(N2CCC(=O)NC2=O)cnc1-c1ccc2c(n1)C(C)(C)N(Cc1ccc(O[C@H]3CCC34CC4)cc1)C2. The van der Waals surface area contributed by atoms with Gasteiger partial charge in [0.2, 0.25) is 5.91 Å². The molecule has 4 aliphatic rings. The van der Waals surface area contributed by atoms with Crippen LogP contribution < -0.4 is 15.0 Å². The van der Waals surface area contributed by atoms with Gasteiger partial charge in [0.15, 0.2) is 5.82 Å². The number of carbonyl (C=O) groups excluding carboxylic acids is 2. The number of nitrogens with one attached hydrogen (secondary N) is 1. The van der Waals surface area contributed by atoms with Crippen LogP contribution in [0, 0.1) is 5.41 Å². The summed E-state index contributed by atoms with van der Waals surface area (Å²) >= 11 is 0. The van der Waals surface area contributed by atoms with Crippen LogP contribution >= 0.6 is 0 Å². The van der Waals surface area contributed by atoms with Gasteiger partial charge in [-0.25, -0.2) is 14.8 Å². The van der Waals surface area contributed by atoms with Gasteiger partial charge in [-0.05, 0) is 68.9 Å². The second-order valence-corrected chi connectivity index (χ2v) is 12.0. The number of amides is 3. The third-order valence-electron chi connectivity index (χ3n) is 9.29. The molecule has 2 aliphatic heterocycles. The highest BCUT2D eigenvalue weighted by molar-refractivity contribution is 6.05. The van der Waals surface area contributed by atoms with Crippen molar-refractivity contribution in [2.75, 3.05) is 11.4 Å². The van der Waals surface area contributed by atoms with Gasteiger partial charge in [0.1, 0.15) is 23.4 Å². The molecule has 7 rings (SSSR count). The predicted molar refractivity (Wildman–Crippen MR) is 146 cm³/mol. The van der Waals surface area contributed by atoms with Gasteiger partial charge in [0, 0.05) is 38.5 Å². The molecule has 9 heteroatoms. The van der Waals surface area contributed by atoms with E-state index in [1.165, 1.54) is 36.8 Å². The Hall–Kier alpha value is -3.72. The summed E-state index contributed by atoms with van der Waals surface area (Å²) in [5.74, 6) is 2.04. The highest BCUT2D eigenvalue weighted by Gasteiger charge is 2.57. The highest BCUT2D eigenvalue weighted by Crippen LogP contribution is 2.61. The normalized spacial score (nSPS) is 22.9. The van der Waals surface area contributed by atoms with Crippen molar-refractivity contribution in [2.24, 2.45) is 12.5 Å². The Bertz CT molecular complexity index is 1470. The van der Waals surface area contributed by atoms with Gasteiger partial charge >= 0.3 is 6.03 Å². The molecule has 3 fully saturated rings. The van der Waals surface area contributed by atoms with Crippen molar-refractivity contribution < 1.29 is 14.3 Å². The number of imidazole rings is 1. The molecule has 2 aliphatic carbocycles. The summed E-state index contributed by atoms with van der Waals surface area (Å²) in [5.41, 5.74) is 4.53. The average Bonchev–Trinajstić information content (AvgIpc) is 3.61. The number of urea groups is 1. The minimum absolute atomic E-state index is 0.254. The fraction of sp³-hybridized carbons (Fsp3) is 0.467. The van der Waals surface area contributed by atoms with Crippen molar-refractivity contribution in [3.8, 4) is 17.3 Å². The molecule has 2 saturated carbocycles. The zero-order chi connectivity index (χ0) is 26.9. The number of imide groups is 1. The van der Waals surface area contributed by atoms with E-state index in [0.717, 1.165) is 30.2 Å². The van der Waals surface area contributed by atoms with Crippen LogP contribution in [-0.4, -0.2) is 44.0 Å². The predicted octanol–water partition coefficient (Wildman–Crippen LogP) is 4.50. The number of hydrogen-bond donors (Lipinski definition) is 1. The van der Waals surface area contributed by atoms with Gasteiger partial charge in [-0.2, -0.15) is 0 Å². The van der Waals surface area contributed by atoms with Crippen molar-refractivity contribution in [3.05, 3.63) is 59.4 Å². The Balaban J connectivity index is 1.07. The lowest BCUT2D eigenvalue weighted by atomic mass is 9.78. The van der Waals surface area contributed by atoms with Gasteiger partial charge in [0.25, 0.3) is 0 Å². The molecule has 9 nitrogen and oxygen atoms in total. The number of aromatic nitrogens is 3. The van der Waals surface area contributed by atoms with E-state index in [-0.39, 0.29) is 17.9 Å². The summed E-state index contributed by atoms with van der Waals surface area (Å²) in [4.78, 5) is 37.6. The summed E-state index contributed by atoms with van der Waals surface area (Å²) in [7, 11) is 1.87. The van der Waals surface area contributed by atoms with E-state index in [4.69, 9.17) is 9.72 Å². The lowest BCUT2D eigenvalue weighted by molar-refractivity contribution is -0.120. The first kappa shape index (κ1) is 24.3. The van der Waals surface area contributed by atoms with Gasteiger partial charge in [0.05, 0.1) is 17.4 Å². The summed E-state index contributed by atoms with van der Waals surface area (Å²) in [6, 6.07) is 12.3. The summed E-state index contributed by atoms with van der Waals surface area (Å²) in [6.07, 6.45) is 7.51. The minimum Gasteiger partial charge on any atom is -0.490 e. The van der Waals surface area contributed by atoms with E-state index >= 15 is 0 Å². The molecule has 3 amide bonds. The number of rotatable bonds is 6. The maximum atomic E-state index is 12.4. The number of fused-ring (bicyclic) bond motifs is 1. The minimum atomic E-state index is -0.422. The Morgan fingerprint density at radius 3 is 2.56 bits per heavy atom. The molecule has 202 valence electrons. The van der Waals surface area contributed by atoms with Crippen molar-refractivity contribution in [1.82, 2.24) is 24.8 Å². The second-order valence-electron chi connectivity index (χ2n) is 12.0. The Morgan fingerprint density at radius 1 is 1.08 bits per heavy atom. The molecule has 39 heavy (non-hydrogen) atoms. The third kappa shape index (κ3) is 4.02. The van der Waals surface area contributed by atoms with Crippen LogP contribution in [-0.2, 0) is 30.5 Å². The van der Waals surface area contributed by atoms with Crippen LogP contribution in [0.1, 0.15) is 62.8 Å².